The van der Waals surface area contributed by atoms with E-state index in [9.17, 15) is 13.2 Å². The standard InChI is InChI=1S/C17H19F3N4OS/c1-2-21-16(23-9-15-24-14(10-26-15)17(18,19)20)22-8-12-7-11-5-3-4-6-13(11)25-12/h3-6,10,12H,2,7-9H2,1H3,(H2,21,22,23). The molecular formula is C17H19F3N4OS. The van der Waals surface area contributed by atoms with Crippen LogP contribution in [0.15, 0.2) is 34.6 Å². The Morgan fingerprint density at radius 1 is 1.35 bits per heavy atom. The Morgan fingerprint density at radius 2 is 2.15 bits per heavy atom. The van der Waals surface area contributed by atoms with E-state index in [1.54, 1.807) is 0 Å². The van der Waals surface area contributed by atoms with E-state index >= 15 is 0 Å². The van der Waals surface area contributed by atoms with Crippen molar-refractivity contribution in [1.29, 1.82) is 0 Å². The lowest BCUT2D eigenvalue weighted by atomic mass is 10.1. The van der Waals surface area contributed by atoms with Gasteiger partial charge in [0.05, 0.1) is 13.1 Å². The van der Waals surface area contributed by atoms with E-state index in [1.807, 2.05) is 31.2 Å². The molecule has 0 saturated carbocycles. The Balaban J connectivity index is 1.55. The predicted molar refractivity (Wildman–Crippen MR) is 94.5 cm³/mol. The number of fused-ring (bicyclic) bond motifs is 1. The first-order valence-corrected chi connectivity index (χ1v) is 9.12. The molecule has 1 unspecified atom stereocenters. The average Bonchev–Trinajstić information content (AvgIpc) is 3.23. The van der Waals surface area contributed by atoms with Crippen LogP contribution in [0.25, 0.3) is 0 Å². The van der Waals surface area contributed by atoms with Crippen LogP contribution in [-0.4, -0.2) is 30.1 Å². The van der Waals surface area contributed by atoms with Gasteiger partial charge in [-0.1, -0.05) is 18.2 Å². The monoisotopic (exact) mass is 384 g/mol. The van der Waals surface area contributed by atoms with Gasteiger partial charge in [0, 0.05) is 18.3 Å². The van der Waals surface area contributed by atoms with Crippen LogP contribution in [0.4, 0.5) is 13.2 Å². The number of ether oxygens (including phenoxy) is 1. The van der Waals surface area contributed by atoms with Crippen molar-refractivity contribution in [1.82, 2.24) is 15.6 Å². The molecule has 2 aromatic rings. The number of hydrogen-bond acceptors (Lipinski definition) is 4. The molecule has 1 aliphatic heterocycles. The third-order valence-corrected chi connectivity index (χ3v) is 4.60. The molecule has 1 atom stereocenters. The quantitative estimate of drug-likeness (QED) is 0.614. The fraction of sp³-hybridized carbons (Fsp3) is 0.412. The van der Waals surface area contributed by atoms with E-state index in [2.05, 4.69) is 20.6 Å². The molecule has 0 fully saturated rings. The van der Waals surface area contributed by atoms with Crippen LogP contribution in [0.2, 0.25) is 0 Å². The number of alkyl halides is 3. The smallest absolute Gasteiger partial charge is 0.434 e. The fourth-order valence-electron chi connectivity index (χ4n) is 2.58. The molecule has 0 radical (unpaired) electrons. The first-order valence-electron chi connectivity index (χ1n) is 8.24. The zero-order valence-electron chi connectivity index (χ0n) is 14.1. The maximum Gasteiger partial charge on any atom is 0.434 e. The summed E-state index contributed by atoms with van der Waals surface area (Å²) in [6.45, 7) is 3.20. The Morgan fingerprint density at radius 3 is 2.85 bits per heavy atom. The summed E-state index contributed by atoms with van der Waals surface area (Å²) in [5.41, 5.74) is 0.298. The van der Waals surface area contributed by atoms with E-state index in [1.165, 1.54) is 5.56 Å². The minimum absolute atomic E-state index is 0.00653. The Labute approximate surface area is 153 Å². The molecule has 9 heteroatoms. The molecule has 2 N–H and O–H groups in total. The van der Waals surface area contributed by atoms with Crippen LogP contribution in [0.1, 0.15) is 23.2 Å². The summed E-state index contributed by atoms with van der Waals surface area (Å²) >= 11 is 0.953. The summed E-state index contributed by atoms with van der Waals surface area (Å²) in [6.07, 6.45) is -3.62. The number of aliphatic imine (C=N–C) groups is 1. The van der Waals surface area contributed by atoms with Gasteiger partial charge in [0.25, 0.3) is 0 Å². The lowest BCUT2D eigenvalue weighted by Gasteiger charge is -2.15. The summed E-state index contributed by atoms with van der Waals surface area (Å²) in [7, 11) is 0. The summed E-state index contributed by atoms with van der Waals surface area (Å²) < 4.78 is 43.6. The van der Waals surface area contributed by atoms with Crippen molar-refractivity contribution in [3.8, 4) is 5.75 Å². The fourth-order valence-corrected chi connectivity index (χ4v) is 3.30. The second-order valence-corrected chi connectivity index (χ2v) is 6.69. The molecule has 0 aliphatic carbocycles. The lowest BCUT2D eigenvalue weighted by molar-refractivity contribution is -0.140. The van der Waals surface area contributed by atoms with E-state index in [-0.39, 0.29) is 12.6 Å². The highest BCUT2D eigenvalue weighted by Gasteiger charge is 2.33. The maximum absolute atomic E-state index is 12.6. The number of halogens is 3. The SMILES string of the molecule is CCNC(=NCc1nc(C(F)(F)F)cs1)NCC1Cc2ccccc2O1. The Hall–Kier alpha value is -2.29. The summed E-state index contributed by atoms with van der Waals surface area (Å²) in [4.78, 5) is 7.89. The largest absolute Gasteiger partial charge is 0.488 e. The number of aromatic nitrogens is 1. The van der Waals surface area contributed by atoms with E-state index in [4.69, 9.17) is 4.74 Å². The Kier molecular flexibility index (Phi) is 5.65. The van der Waals surface area contributed by atoms with E-state index in [0.29, 0.717) is 24.1 Å². The van der Waals surface area contributed by atoms with Gasteiger partial charge < -0.3 is 15.4 Å². The zero-order valence-corrected chi connectivity index (χ0v) is 15.0. The van der Waals surface area contributed by atoms with Crippen molar-refractivity contribution in [2.45, 2.75) is 32.2 Å². The first-order chi connectivity index (χ1) is 12.5. The minimum atomic E-state index is -4.42. The van der Waals surface area contributed by atoms with Gasteiger partial charge in [0.15, 0.2) is 11.7 Å². The normalized spacial score (nSPS) is 16.9. The number of hydrogen-bond donors (Lipinski definition) is 2. The van der Waals surface area contributed by atoms with Crippen LogP contribution in [0.3, 0.4) is 0 Å². The molecule has 0 bridgehead atoms. The number of para-hydroxylation sites is 1. The van der Waals surface area contributed by atoms with Gasteiger partial charge in [-0.2, -0.15) is 13.2 Å². The molecule has 2 heterocycles. The number of guanidine groups is 1. The summed E-state index contributed by atoms with van der Waals surface area (Å²) in [5.74, 6) is 1.42. The summed E-state index contributed by atoms with van der Waals surface area (Å²) in [6, 6.07) is 7.89. The highest BCUT2D eigenvalue weighted by Crippen LogP contribution is 2.30. The molecule has 26 heavy (non-hydrogen) atoms. The number of nitrogens with one attached hydrogen (secondary N) is 2. The number of nitrogens with zero attached hydrogens (tertiary/aromatic N) is 2. The van der Waals surface area contributed by atoms with Crippen molar-refractivity contribution in [3.63, 3.8) is 0 Å². The third-order valence-electron chi connectivity index (χ3n) is 3.77. The Bertz CT molecular complexity index is 750. The first kappa shape index (κ1) is 18.5. The summed E-state index contributed by atoms with van der Waals surface area (Å²) in [5, 5.41) is 7.57. The number of benzene rings is 1. The van der Waals surface area contributed by atoms with Crippen LogP contribution in [0.5, 0.6) is 5.75 Å². The van der Waals surface area contributed by atoms with Crippen LogP contribution in [0, 0.1) is 0 Å². The average molecular weight is 384 g/mol. The zero-order chi connectivity index (χ0) is 18.6. The van der Waals surface area contributed by atoms with Crippen molar-refractivity contribution >= 4 is 17.3 Å². The second kappa shape index (κ2) is 7.94. The molecule has 3 rings (SSSR count). The highest BCUT2D eigenvalue weighted by molar-refractivity contribution is 7.09. The van der Waals surface area contributed by atoms with Crippen LogP contribution >= 0.6 is 11.3 Å². The minimum Gasteiger partial charge on any atom is -0.488 e. The van der Waals surface area contributed by atoms with E-state index in [0.717, 1.165) is 28.9 Å². The van der Waals surface area contributed by atoms with Crippen molar-refractivity contribution in [3.05, 3.63) is 45.9 Å². The molecule has 0 amide bonds. The van der Waals surface area contributed by atoms with Gasteiger partial charge in [-0.3, -0.25) is 0 Å². The van der Waals surface area contributed by atoms with Crippen molar-refractivity contribution < 1.29 is 17.9 Å². The van der Waals surface area contributed by atoms with Gasteiger partial charge >= 0.3 is 6.18 Å². The molecule has 0 spiro atoms. The van der Waals surface area contributed by atoms with Gasteiger partial charge in [0.2, 0.25) is 0 Å². The molecule has 1 aromatic heterocycles. The highest BCUT2D eigenvalue weighted by atomic mass is 32.1. The predicted octanol–water partition coefficient (Wildman–Crippen LogP) is 3.22. The van der Waals surface area contributed by atoms with E-state index < -0.39 is 11.9 Å². The molecular weight excluding hydrogens is 365 g/mol. The molecule has 1 aliphatic rings. The van der Waals surface area contributed by atoms with Gasteiger partial charge in [-0.25, -0.2) is 9.98 Å². The van der Waals surface area contributed by atoms with Gasteiger partial charge in [-0.15, -0.1) is 11.3 Å². The molecule has 5 nitrogen and oxygen atoms in total. The second-order valence-electron chi connectivity index (χ2n) is 5.75. The number of rotatable bonds is 5. The topological polar surface area (TPSA) is 58.5 Å². The molecule has 140 valence electrons. The maximum atomic E-state index is 12.6. The third kappa shape index (κ3) is 4.66. The molecule has 0 saturated heterocycles. The van der Waals surface area contributed by atoms with Crippen molar-refractivity contribution in [2.75, 3.05) is 13.1 Å². The molecule has 1 aromatic carbocycles. The lowest BCUT2D eigenvalue weighted by Crippen LogP contribution is -2.42. The van der Waals surface area contributed by atoms with Crippen molar-refractivity contribution in [2.24, 2.45) is 4.99 Å². The van der Waals surface area contributed by atoms with Gasteiger partial charge in [0.1, 0.15) is 16.9 Å². The van der Waals surface area contributed by atoms with Gasteiger partial charge in [-0.05, 0) is 18.6 Å². The number of thiazole rings is 1. The van der Waals surface area contributed by atoms with Crippen LogP contribution in [-0.2, 0) is 19.1 Å². The van der Waals surface area contributed by atoms with Crippen LogP contribution < -0.4 is 15.4 Å².